The highest BCUT2D eigenvalue weighted by atomic mass is 32.2. The fourth-order valence-corrected chi connectivity index (χ4v) is 5.50. The summed E-state index contributed by atoms with van der Waals surface area (Å²) in [6, 6.07) is 3.31. The van der Waals surface area contributed by atoms with E-state index in [1.54, 1.807) is 27.8 Å². The van der Waals surface area contributed by atoms with Crippen molar-refractivity contribution in [1.82, 2.24) is 14.6 Å². The largest absolute Gasteiger partial charge is 0.337 e. The van der Waals surface area contributed by atoms with Crippen LogP contribution in [0.25, 0.3) is 0 Å². The van der Waals surface area contributed by atoms with Crippen molar-refractivity contribution in [2.45, 2.75) is 24.0 Å². The van der Waals surface area contributed by atoms with Crippen LogP contribution in [-0.2, 0) is 10.0 Å². The smallest absolute Gasteiger partial charge is 0.273 e. The molecule has 2 aromatic heterocycles. The summed E-state index contributed by atoms with van der Waals surface area (Å²) in [6.07, 6.45) is 1.78. The third-order valence-corrected chi connectivity index (χ3v) is 7.56. The van der Waals surface area contributed by atoms with Crippen molar-refractivity contribution in [3.63, 3.8) is 0 Å². The molecule has 1 amide bonds. The number of nitrogens with zero attached hydrogens (tertiary/aromatic N) is 2. The van der Waals surface area contributed by atoms with Gasteiger partial charge in [-0.05, 0) is 37.1 Å². The Bertz CT molecular complexity index is 799. The fourth-order valence-electron chi connectivity index (χ4n) is 2.75. The lowest BCUT2D eigenvalue weighted by atomic mass is 9.98. The molecule has 1 aliphatic heterocycles. The van der Waals surface area contributed by atoms with Gasteiger partial charge in [-0.25, -0.2) is 18.1 Å². The third-order valence-electron chi connectivity index (χ3n) is 3.97. The summed E-state index contributed by atoms with van der Waals surface area (Å²) in [4.78, 5) is 18.5. The number of amides is 1. The number of sulfonamides is 1. The fraction of sp³-hybridized carbons (Fsp3) is 0.467. The number of rotatable bonds is 5. The second-order valence-electron chi connectivity index (χ2n) is 5.80. The molecule has 0 aromatic carbocycles. The molecular weight excluding hydrogens is 366 g/mol. The number of hydrogen-bond donors (Lipinski definition) is 1. The van der Waals surface area contributed by atoms with Crippen LogP contribution in [0.5, 0.6) is 0 Å². The van der Waals surface area contributed by atoms with Crippen molar-refractivity contribution < 1.29 is 13.2 Å². The van der Waals surface area contributed by atoms with Gasteiger partial charge in [-0.1, -0.05) is 6.07 Å². The highest BCUT2D eigenvalue weighted by molar-refractivity contribution is 7.91. The molecular formula is C15H19N3O3S3. The number of hydrogen-bond acceptors (Lipinski definition) is 6. The van der Waals surface area contributed by atoms with Crippen molar-refractivity contribution in [3.05, 3.63) is 33.6 Å². The van der Waals surface area contributed by atoms with Crippen LogP contribution in [0.3, 0.4) is 0 Å². The molecule has 1 atom stereocenters. The van der Waals surface area contributed by atoms with E-state index in [9.17, 15) is 13.2 Å². The second kappa shape index (κ2) is 7.30. The van der Waals surface area contributed by atoms with Gasteiger partial charge in [0.2, 0.25) is 10.0 Å². The van der Waals surface area contributed by atoms with Crippen LogP contribution >= 0.6 is 22.7 Å². The zero-order valence-corrected chi connectivity index (χ0v) is 15.7. The van der Waals surface area contributed by atoms with E-state index < -0.39 is 10.0 Å². The highest BCUT2D eigenvalue weighted by Gasteiger charge is 2.27. The quantitative estimate of drug-likeness (QED) is 0.857. The standard InChI is InChI=1S/C15H19N3O3S3/c1-11-17-13(10-23-11)15(19)18-6-2-4-12(9-18)8-16-24(20,21)14-5-3-7-22-14/h3,5,7,10,12,16H,2,4,6,8-9H2,1H3/t12-/m1/s1. The first-order chi connectivity index (χ1) is 11.5. The number of likely N-dealkylation sites (tertiary alicyclic amines) is 1. The van der Waals surface area contributed by atoms with E-state index in [1.165, 1.54) is 22.7 Å². The molecule has 1 aliphatic rings. The minimum Gasteiger partial charge on any atom is -0.337 e. The van der Waals surface area contributed by atoms with Gasteiger partial charge in [0, 0.05) is 25.0 Å². The Morgan fingerprint density at radius 3 is 2.96 bits per heavy atom. The molecule has 0 aliphatic carbocycles. The second-order valence-corrected chi connectivity index (χ2v) is 9.80. The van der Waals surface area contributed by atoms with Crippen LogP contribution in [0.2, 0.25) is 0 Å². The van der Waals surface area contributed by atoms with E-state index >= 15 is 0 Å². The highest BCUT2D eigenvalue weighted by Crippen LogP contribution is 2.21. The third kappa shape index (κ3) is 4.02. The summed E-state index contributed by atoms with van der Waals surface area (Å²) in [7, 11) is -3.45. The van der Waals surface area contributed by atoms with Crippen molar-refractivity contribution >= 4 is 38.6 Å². The molecule has 0 unspecified atom stereocenters. The number of nitrogens with one attached hydrogen (secondary N) is 1. The van der Waals surface area contributed by atoms with Crippen LogP contribution in [0.1, 0.15) is 28.3 Å². The molecule has 1 fully saturated rings. The minimum atomic E-state index is -3.45. The van der Waals surface area contributed by atoms with Crippen LogP contribution < -0.4 is 4.72 Å². The van der Waals surface area contributed by atoms with Crippen molar-refractivity contribution in [2.24, 2.45) is 5.92 Å². The Morgan fingerprint density at radius 2 is 2.29 bits per heavy atom. The first kappa shape index (κ1) is 17.5. The van der Waals surface area contributed by atoms with Crippen LogP contribution in [0.4, 0.5) is 0 Å². The minimum absolute atomic E-state index is 0.0647. The molecule has 1 saturated heterocycles. The molecule has 3 rings (SSSR count). The van der Waals surface area contributed by atoms with E-state index in [0.717, 1.165) is 17.8 Å². The maximum Gasteiger partial charge on any atom is 0.273 e. The van der Waals surface area contributed by atoms with Gasteiger partial charge in [0.25, 0.3) is 5.91 Å². The molecule has 0 bridgehead atoms. The molecule has 0 spiro atoms. The average molecular weight is 386 g/mol. The van der Waals surface area contributed by atoms with Gasteiger partial charge < -0.3 is 4.90 Å². The normalized spacial score (nSPS) is 18.7. The molecule has 3 heterocycles. The number of thiophene rings is 1. The molecule has 9 heteroatoms. The molecule has 0 saturated carbocycles. The molecule has 130 valence electrons. The topological polar surface area (TPSA) is 79.4 Å². The van der Waals surface area contributed by atoms with Gasteiger partial charge >= 0.3 is 0 Å². The van der Waals surface area contributed by atoms with Crippen LogP contribution in [-0.4, -0.2) is 43.8 Å². The van der Waals surface area contributed by atoms with E-state index in [1.807, 2.05) is 6.92 Å². The molecule has 1 N–H and O–H groups in total. The van der Waals surface area contributed by atoms with Crippen molar-refractivity contribution in [2.75, 3.05) is 19.6 Å². The predicted molar refractivity (Wildman–Crippen MR) is 95.0 cm³/mol. The Hall–Kier alpha value is -1.29. The van der Waals surface area contributed by atoms with Gasteiger partial charge in [-0.15, -0.1) is 22.7 Å². The summed E-state index contributed by atoms with van der Waals surface area (Å²) in [5.41, 5.74) is 0.484. The first-order valence-corrected chi connectivity index (χ1v) is 10.9. The summed E-state index contributed by atoms with van der Waals surface area (Å²) >= 11 is 2.66. The average Bonchev–Trinajstić information content (AvgIpc) is 3.24. The molecule has 0 radical (unpaired) electrons. The maximum atomic E-state index is 12.5. The molecule has 24 heavy (non-hydrogen) atoms. The summed E-state index contributed by atoms with van der Waals surface area (Å²) in [5.74, 6) is 0.0577. The van der Waals surface area contributed by atoms with Gasteiger partial charge in [0.05, 0.1) is 5.01 Å². The number of piperidine rings is 1. The van der Waals surface area contributed by atoms with Gasteiger partial charge in [-0.3, -0.25) is 4.79 Å². The lowest BCUT2D eigenvalue weighted by Crippen LogP contribution is -2.43. The molecule has 2 aromatic rings. The number of aryl methyl sites for hydroxylation is 1. The van der Waals surface area contributed by atoms with Gasteiger partial charge in [0.15, 0.2) is 0 Å². The predicted octanol–water partition coefficient (Wildman–Crippen LogP) is 2.34. The Balaban J connectivity index is 1.59. The number of carbonyl (C=O) groups excluding carboxylic acids is 1. The Labute approximate surface area is 149 Å². The van der Waals surface area contributed by atoms with E-state index in [4.69, 9.17) is 0 Å². The van der Waals surface area contributed by atoms with Crippen molar-refractivity contribution in [3.8, 4) is 0 Å². The SMILES string of the molecule is Cc1nc(C(=O)N2CCC[C@H](CNS(=O)(=O)c3cccs3)C2)cs1. The summed E-state index contributed by atoms with van der Waals surface area (Å²) in [6.45, 7) is 3.48. The van der Waals surface area contributed by atoms with E-state index in [0.29, 0.717) is 29.5 Å². The first-order valence-electron chi connectivity index (χ1n) is 7.70. The van der Waals surface area contributed by atoms with Crippen LogP contribution in [0, 0.1) is 12.8 Å². The maximum absolute atomic E-state index is 12.5. The van der Waals surface area contributed by atoms with Crippen LogP contribution in [0.15, 0.2) is 27.1 Å². The van der Waals surface area contributed by atoms with E-state index in [2.05, 4.69) is 9.71 Å². The zero-order valence-electron chi connectivity index (χ0n) is 13.3. The number of carbonyl (C=O) groups is 1. The van der Waals surface area contributed by atoms with Gasteiger partial charge in [0.1, 0.15) is 9.90 Å². The van der Waals surface area contributed by atoms with Crippen molar-refractivity contribution in [1.29, 1.82) is 0 Å². The lowest BCUT2D eigenvalue weighted by Gasteiger charge is -2.32. The summed E-state index contributed by atoms with van der Waals surface area (Å²) in [5, 5.41) is 4.39. The monoisotopic (exact) mass is 385 g/mol. The van der Waals surface area contributed by atoms with Gasteiger partial charge in [-0.2, -0.15) is 0 Å². The Morgan fingerprint density at radius 1 is 1.46 bits per heavy atom. The number of aromatic nitrogens is 1. The van der Waals surface area contributed by atoms with E-state index in [-0.39, 0.29) is 11.8 Å². The Kier molecular flexibility index (Phi) is 5.33. The summed E-state index contributed by atoms with van der Waals surface area (Å²) < 4.78 is 27.4. The molecule has 6 nitrogen and oxygen atoms in total. The lowest BCUT2D eigenvalue weighted by molar-refractivity contribution is 0.0671. The zero-order chi connectivity index (χ0) is 17.2. The number of thiazole rings is 1.